The Morgan fingerprint density at radius 3 is 2.64 bits per heavy atom. The average Bonchev–Trinajstić information content (AvgIpc) is 2.11. The van der Waals surface area contributed by atoms with Crippen molar-refractivity contribution in [2.24, 2.45) is 11.7 Å². The van der Waals surface area contributed by atoms with Gasteiger partial charge >= 0.3 is 0 Å². The Bertz CT molecular complexity index is 173. The highest BCUT2D eigenvalue weighted by atomic mass is 16.5. The molecule has 1 aliphatic heterocycles. The van der Waals surface area contributed by atoms with Gasteiger partial charge in [0.15, 0.2) is 0 Å². The number of nitrogens with zero attached hydrogens (tertiary/aromatic N) is 1. The molecule has 1 heterocycles. The van der Waals surface area contributed by atoms with Crippen LogP contribution in [0.3, 0.4) is 0 Å². The van der Waals surface area contributed by atoms with E-state index in [4.69, 9.17) is 10.5 Å². The van der Waals surface area contributed by atoms with Crippen molar-refractivity contribution in [2.75, 3.05) is 19.7 Å². The van der Waals surface area contributed by atoms with Gasteiger partial charge in [-0.25, -0.2) is 0 Å². The minimum atomic E-state index is 0.280. The van der Waals surface area contributed by atoms with Gasteiger partial charge in [0.2, 0.25) is 0 Å². The van der Waals surface area contributed by atoms with E-state index in [2.05, 4.69) is 32.6 Å². The standard InChI is InChI=1S/C11H24N2O/c1-8(2)11(12)6-13-5-10(4)14-7-9(13)3/h8-11H,5-7,12H2,1-4H3. The predicted octanol–water partition coefficient (Wildman–Crippen LogP) is 1.08. The Balaban J connectivity index is 2.41. The van der Waals surface area contributed by atoms with E-state index < -0.39 is 0 Å². The summed E-state index contributed by atoms with van der Waals surface area (Å²) in [5, 5.41) is 0. The second-order valence-corrected chi connectivity index (χ2v) is 4.85. The molecule has 3 nitrogen and oxygen atoms in total. The number of nitrogens with two attached hydrogens (primary N) is 1. The first kappa shape index (κ1) is 12.0. The quantitative estimate of drug-likeness (QED) is 0.741. The van der Waals surface area contributed by atoms with E-state index >= 15 is 0 Å². The van der Waals surface area contributed by atoms with Crippen LogP contribution in [0.1, 0.15) is 27.7 Å². The van der Waals surface area contributed by atoms with Crippen molar-refractivity contribution in [3.05, 3.63) is 0 Å². The molecule has 0 spiro atoms. The lowest BCUT2D eigenvalue weighted by molar-refractivity contribution is -0.0521. The van der Waals surface area contributed by atoms with Gasteiger partial charge in [0.25, 0.3) is 0 Å². The van der Waals surface area contributed by atoms with Crippen LogP contribution >= 0.6 is 0 Å². The van der Waals surface area contributed by atoms with E-state index in [-0.39, 0.29) is 6.04 Å². The minimum Gasteiger partial charge on any atom is -0.376 e. The molecule has 1 fully saturated rings. The molecule has 0 aromatic carbocycles. The normalized spacial score (nSPS) is 32.1. The second-order valence-electron chi connectivity index (χ2n) is 4.85. The van der Waals surface area contributed by atoms with Crippen LogP contribution < -0.4 is 5.73 Å². The van der Waals surface area contributed by atoms with E-state index in [1.807, 2.05) is 0 Å². The number of morpholine rings is 1. The Kier molecular flexibility index (Phi) is 4.35. The van der Waals surface area contributed by atoms with Crippen molar-refractivity contribution >= 4 is 0 Å². The molecule has 1 aliphatic rings. The van der Waals surface area contributed by atoms with Crippen LogP contribution in [-0.2, 0) is 4.74 Å². The van der Waals surface area contributed by atoms with Crippen LogP contribution in [0, 0.1) is 5.92 Å². The lowest BCUT2D eigenvalue weighted by atomic mass is 10.0. The van der Waals surface area contributed by atoms with Gasteiger partial charge in [0.05, 0.1) is 12.7 Å². The third-order valence-corrected chi connectivity index (χ3v) is 3.04. The maximum absolute atomic E-state index is 6.07. The molecular weight excluding hydrogens is 176 g/mol. The molecular formula is C11H24N2O. The molecule has 0 aromatic heterocycles. The fraction of sp³-hybridized carbons (Fsp3) is 1.00. The summed E-state index contributed by atoms with van der Waals surface area (Å²) in [4.78, 5) is 2.44. The zero-order chi connectivity index (χ0) is 10.7. The van der Waals surface area contributed by atoms with E-state index in [1.165, 1.54) is 0 Å². The maximum Gasteiger partial charge on any atom is 0.0674 e. The molecule has 0 amide bonds. The predicted molar refractivity (Wildman–Crippen MR) is 59.3 cm³/mol. The first-order valence-electron chi connectivity index (χ1n) is 5.62. The molecule has 3 heteroatoms. The van der Waals surface area contributed by atoms with Gasteiger partial charge < -0.3 is 10.5 Å². The summed E-state index contributed by atoms with van der Waals surface area (Å²) in [7, 11) is 0. The smallest absolute Gasteiger partial charge is 0.0674 e. The van der Waals surface area contributed by atoms with Crippen molar-refractivity contribution < 1.29 is 4.74 Å². The van der Waals surface area contributed by atoms with E-state index in [9.17, 15) is 0 Å². The molecule has 0 bridgehead atoms. The summed E-state index contributed by atoms with van der Waals surface area (Å²) in [6.07, 6.45) is 0.352. The number of hydrogen-bond acceptors (Lipinski definition) is 3. The highest BCUT2D eigenvalue weighted by molar-refractivity contribution is 4.79. The number of rotatable bonds is 3. The summed E-state index contributed by atoms with van der Waals surface area (Å²) in [6.45, 7) is 11.5. The summed E-state index contributed by atoms with van der Waals surface area (Å²) in [6, 6.07) is 0.791. The third-order valence-electron chi connectivity index (χ3n) is 3.04. The minimum absolute atomic E-state index is 0.280. The molecule has 0 radical (unpaired) electrons. The molecule has 3 unspecified atom stereocenters. The number of ether oxygens (including phenoxy) is 1. The van der Waals surface area contributed by atoms with Crippen LogP contribution in [0.4, 0.5) is 0 Å². The Morgan fingerprint density at radius 1 is 1.43 bits per heavy atom. The molecule has 2 N–H and O–H groups in total. The van der Waals surface area contributed by atoms with E-state index in [0.29, 0.717) is 18.1 Å². The van der Waals surface area contributed by atoms with Gasteiger partial charge in [-0.1, -0.05) is 13.8 Å². The molecule has 0 aromatic rings. The Morgan fingerprint density at radius 2 is 2.07 bits per heavy atom. The largest absolute Gasteiger partial charge is 0.376 e. The Hall–Kier alpha value is -0.120. The van der Waals surface area contributed by atoms with Crippen molar-refractivity contribution in [2.45, 2.75) is 45.9 Å². The lowest BCUT2D eigenvalue weighted by Crippen LogP contribution is -2.52. The summed E-state index contributed by atoms with van der Waals surface area (Å²) >= 11 is 0. The van der Waals surface area contributed by atoms with Gasteiger partial charge in [-0.3, -0.25) is 4.90 Å². The second kappa shape index (κ2) is 5.10. The van der Waals surface area contributed by atoms with E-state index in [1.54, 1.807) is 0 Å². The molecule has 1 rings (SSSR count). The Labute approximate surface area is 87.6 Å². The summed E-state index contributed by atoms with van der Waals surface area (Å²) < 4.78 is 5.58. The van der Waals surface area contributed by atoms with Crippen LogP contribution in [0.15, 0.2) is 0 Å². The van der Waals surface area contributed by atoms with Crippen molar-refractivity contribution in [3.8, 4) is 0 Å². The van der Waals surface area contributed by atoms with Gasteiger partial charge in [-0.2, -0.15) is 0 Å². The zero-order valence-corrected chi connectivity index (χ0v) is 9.86. The van der Waals surface area contributed by atoms with Crippen LogP contribution in [0.5, 0.6) is 0 Å². The lowest BCUT2D eigenvalue weighted by Gasteiger charge is -2.38. The van der Waals surface area contributed by atoms with Crippen LogP contribution in [0.2, 0.25) is 0 Å². The van der Waals surface area contributed by atoms with Crippen LogP contribution in [0.25, 0.3) is 0 Å². The fourth-order valence-electron chi connectivity index (χ4n) is 1.71. The van der Waals surface area contributed by atoms with E-state index in [0.717, 1.165) is 19.7 Å². The summed E-state index contributed by atoms with van der Waals surface area (Å²) in [5.41, 5.74) is 6.07. The maximum atomic E-state index is 6.07. The van der Waals surface area contributed by atoms with Gasteiger partial charge in [0, 0.05) is 25.2 Å². The van der Waals surface area contributed by atoms with Crippen molar-refractivity contribution in [3.63, 3.8) is 0 Å². The molecule has 1 saturated heterocycles. The number of hydrogen-bond donors (Lipinski definition) is 1. The van der Waals surface area contributed by atoms with Crippen molar-refractivity contribution in [1.29, 1.82) is 0 Å². The van der Waals surface area contributed by atoms with Gasteiger partial charge in [0.1, 0.15) is 0 Å². The van der Waals surface area contributed by atoms with Crippen molar-refractivity contribution in [1.82, 2.24) is 4.90 Å². The SMILES string of the molecule is CC1CN(CC(N)C(C)C)C(C)CO1. The highest BCUT2D eigenvalue weighted by Crippen LogP contribution is 2.12. The zero-order valence-electron chi connectivity index (χ0n) is 9.86. The van der Waals surface area contributed by atoms with Gasteiger partial charge in [-0.15, -0.1) is 0 Å². The van der Waals surface area contributed by atoms with Crippen LogP contribution in [-0.4, -0.2) is 42.8 Å². The first-order valence-corrected chi connectivity index (χ1v) is 5.62. The summed E-state index contributed by atoms with van der Waals surface area (Å²) in [5.74, 6) is 0.556. The highest BCUT2D eigenvalue weighted by Gasteiger charge is 2.25. The molecule has 3 atom stereocenters. The molecule has 0 saturated carbocycles. The monoisotopic (exact) mass is 200 g/mol. The fourth-order valence-corrected chi connectivity index (χ4v) is 1.71. The molecule has 14 heavy (non-hydrogen) atoms. The first-order chi connectivity index (χ1) is 6.50. The molecule has 84 valence electrons. The molecule has 0 aliphatic carbocycles. The average molecular weight is 200 g/mol. The third kappa shape index (κ3) is 3.23. The van der Waals surface area contributed by atoms with Gasteiger partial charge in [-0.05, 0) is 19.8 Å². The topological polar surface area (TPSA) is 38.5 Å².